The minimum absolute atomic E-state index is 0.0491. The summed E-state index contributed by atoms with van der Waals surface area (Å²) in [5, 5.41) is 4.42. The summed E-state index contributed by atoms with van der Waals surface area (Å²) in [4.78, 5) is 16.5. The molecule has 1 aliphatic carbocycles. The molecule has 0 aliphatic heterocycles. The van der Waals surface area contributed by atoms with Crippen molar-refractivity contribution in [3.8, 4) is 0 Å². The zero-order valence-electron chi connectivity index (χ0n) is 12.6. The Labute approximate surface area is 123 Å². The molecule has 0 atom stereocenters. The van der Waals surface area contributed by atoms with Gasteiger partial charge in [0.05, 0.1) is 11.4 Å². The second-order valence-electron chi connectivity index (χ2n) is 5.43. The second-order valence-corrected chi connectivity index (χ2v) is 5.43. The molecular formula is C15H19N3O3. The number of aromatic nitrogens is 3. The number of carbonyl (C=O) groups is 1. The molecule has 1 aliphatic rings. The van der Waals surface area contributed by atoms with E-state index >= 15 is 0 Å². The lowest BCUT2D eigenvalue weighted by Crippen LogP contribution is -2.13. The number of hydrogen-bond donors (Lipinski definition) is 0. The van der Waals surface area contributed by atoms with Gasteiger partial charge in [-0.05, 0) is 39.5 Å². The highest BCUT2D eigenvalue weighted by atomic mass is 16.5. The molecule has 2 aromatic rings. The Morgan fingerprint density at radius 3 is 2.81 bits per heavy atom. The zero-order chi connectivity index (χ0) is 15.0. The average Bonchev–Trinajstić information content (AvgIpc) is 2.95. The van der Waals surface area contributed by atoms with Gasteiger partial charge in [0, 0.05) is 12.6 Å². The monoisotopic (exact) mass is 289 g/mol. The van der Waals surface area contributed by atoms with Gasteiger partial charge in [-0.25, -0.2) is 9.78 Å². The first-order valence-electron chi connectivity index (χ1n) is 7.21. The highest BCUT2D eigenvalue weighted by Gasteiger charge is 2.25. The van der Waals surface area contributed by atoms with E-state index in [9.17, 15) is 4.79 Å². The van der Waals surface area contributed by atoms with Crippen molar-refractivity contribution in [2.75, 3.05) is 0 Å². The highest BCUT2D eigenvalue weighted by molar-refractivity contribution is 5.89. The van der Waals surface area contributed by atoms with Crippen LogP contribution in [0, 0.1) is 13.8 Å². The van der Waals surface area contributed by atoms with E-state index in [1.807, 2.05) is 13.8 Å². The van der Waals surface area contributed by atoms with E-state index in [2.05, 4.69) is 10.1 Å². The Hall–Kier alpha value is -2.11. The molecule has 3 rings (SSSR count). The Balaban J connectivity index is 1.75. The third-order valence-electron chi connectivity index (χ3n) is 3.91. The fraction of sp³-hybridized carbons (Fsp3) is 0.533. The first kappa shape index (κ1) is 13.9. The minimum atomic E-state index is -0.360. The Morgan fingerprint density at radius 2 is 2.10 bits per heavy atom. The molecule has 0 amide bonds. The van der Waals surface area contributed by atoms with Gasteiger partial charge in [-0.1, -0.05) is 0 Å². The summed E-state index contributed by atoms with van der Waals surface area (Å²) in [5.41, 5.74) is 3.44. The number of oxazole rings is 1. The summed E-state index contributed by atoms with van der Waals surface area (Å²) in [5.74, 6) is 0.815. The molecule has 0 bridgehead atoms. The number of ether oxygens (including phenoxy) is 1. The highest BCUT2D eigenvalue weighted by Crippen LogP contribution is 2.24. The molecule has 0 saturated heterocycles. The topological polar surface area (TPSA) is 70.2 Å². The Bertz CT molecular complexity index is 665. The maximum atomic E-state index is 12.3. The van der Waals surface area contributed by atoms with E-state index in [1.54, 1.807) is 11.7 Å². The fourth-order valence-corrected chi connectivity index (χ4v) is 2.73. The molecule has 6 heteroatoms. The molecule has 0 unspecified atom stereocenters. The van der Waals surface area contributed by atoms with Gasteiger partial charge in [-0.3, -0.25) is 4.68 Å². The lowest BCUT2D eigenvalue weighted by atomic mass is 9.96. The standard InChI is InChI=1S/C15H19N3O3/c1-9-10(2)21-13(16-9)8-20-15(19)14-11-6-4-5-7-12(11)17-18(14)3/h4-8H2,1-3H3. The number of aryl methyl sites for hydroxylation is 4. The van der Waals surface area contributed by atoms with Crippen molar-refractivity contribution in [3.63, 3.8) is 0 Å². The van der Waals surface area contributed by atoms with Crippen LogP contribution in [0.4, 0.5) is 0 Å². The lowest BCUT2D eigenvalue weighted by Gasteiger charge is -2.10. The van der Waals surface area contributed by atoms with E-state index in [-0.39, 0.29) is 12.6 Å². The molecule has 0 spiro atoms. The number of fused-ring (bicyclic) bond motifs is 1. The van der Waals surface area contributed by atoms with Crippen LogP contribution >= 0.6 is 0 Å². The number of esters is 1. The second kappa shape index (κ2) is 5.35. The summed E-state index contributed by atoms with van der Waals surface area (Å²) < 4.78 is 12.4. The fourth-order valence-electron chi connectivity index (χ4n) is 2.73. The molecular weight excluding hydrogens is 270 g/mol. The maximum Gasteiger partial charge on any atom is 0.357 e. The van der Waals surface area contributed by atoms with Crippen molar-refractivity contribution in [3.05, 3.63) is 34.3 Å². The molecule has 0 radical (unpaired) electrons. The van der Waals surface area contributed by atoms with Crippen molar-refractivity contribution < 1.29 is 13.9 Å². The largest absolute Gasteiger partial charge is 0.451 e. The normalized spacial score (nSPS) is 14.0. The van der Waals surface area contributed by atoms with Crippen LogP contribution < -0.4 is 0 Å². The van der Waals surface area contributed by atoms with Gasteiger partial charge in [0.1, 0.15) is 11.5 Å². The van der Waals surface area contributed by atoms with Crippen LogP contribution in [0.15, 0.2) is 4.42 Å². The third kappa shape index (κ3) is 2.57. The first-order valence-corrected chi connectivity index (χ1v) is 7.21. The van der Waals surface area contributed by atoms with Crippen molar-refractivity contribution in [1.82, 2.24) is 14.8 Å². The summed E-state index contributed by atoms with van der Waals surface area (Å²) >= 11 is 0. The SMILES string of the molecule is Cc1nc(COC(=O)c2c3c(nn2C)CCCC3)oc1C. The summed E-state index contributed by atoms with van der Waals surface area (Å²) in [6.07, 6.45) is 4.06. The van der Waals surface area contributed by atoms with Gasteiger partial charge in [0.25, 0.3) is 0 Å². The zero-order valence-corrected chi connectivity index (χ0v) is 12.6. The summed E-state index contributed by atoms with van der Waals surface area (Å²) in [7, 11) is 1.79. The number of nitrogens with zero attached hydrogens (tertiary/aromatic N) is 3. The van der Waals surface area contributed by atoms with Crippen molar-refractivity contribution in [1.29, 1.82) is 0 Å². The van der Waals surface area contributed by atoms with Crippen LogP contribution in [0.5, 0.6) is 0 Å². The van der Waals surface area contributed by atoms with E-state index in [4.69, 9.17) is 9.15 Å². The smallest absolute Gasteiger partial charge is 0.357 e. The molecule has 2 heterocycles. The molecule has 2 aromatic heterocycles. The minimum Gasteiger partial charge on any atom is -0.451 e. The van der Waals surface area contributed by atoms with E-state index < -0.39 is 0 Å². The lowest BCUT2D eigenvalue weighted by molar-refractivity contribution is 0.0422. The number of rotatable bonds is 3. The Kier molecular flexibility index (Phi) is 3.53. The summed E-state index contributed by atoms with van der Waals surface area (Å²) in [6, 6.07) is 0. The third-order valence-corrected chi connectivity index (χ3v) is 3.91. The first-order chi connectivity index (χ1) is 10.1. The van der Waals surface area contributed by atoms with Crippen LogP contribution in [0.3, 0.4) is 0 Å². The molecule has 6 nitrogen and oxygen atoms in total. The van der Waals surface area contributed by atoms with E-state index in [1.165, 1.54) is 0 Å². The van der Waals surface area contributed by atoms with Crippen LogP contribution in [-0.4, -0.2) is 20.7 Å². The van der Waals surface area contributed by atoms with Crippen molar-refractivity contribution in [2.45, 2.75) is 46.1 Å². The quantitative estimate of drug-likeness (QED) is 0.811. The average molecular weight is 289 g/mol. The van der Waals surface area contributed by atoms with Gasteiger partial charge >= 0.3 is 5.97 Å². The van der Waals surface area contributed by atoms with Gasteiger partial charge in [-0.15, -0.1) is 0 Å². The molecule has 21 heavy (non-hydrogen) atoms. The predicted octanol–water partition coefficient (Wildman–Crippen LogP) is 2.26. The van der Waals surface area contributed by atoms with Gasteiger partial charge in [0.15, 0.2) is 6.61 Å². The van der Waals surface area contributed by atoms with Crippen molar-refractivity contribution in [2.24, 2.45) is 7.05 Å². The van der Waals surface area contributed by atoms with Crippen LogP contribution in [-0.2, 0) is 31.2 Å². The molecule has 0 fully saturated rings. The molecule has 0 N–H and O–H groups in total. The van der Waals surface area contributed by atoms with E-state index in [0.29, 0.717) is 11.6 Å². The summed E-state index contributed by atoms with van der Waals surface area (Å²) in [6.45, 7) is 3.75. The van der Waals surface area contributed by atoms with Gasteiger partial charge in [-0.2, -0.15) is 5.10 Å². The van der Waals surface area contributed by atoms with Crippen LogP contribution in [0.2, 0.25) is 0 Å². The van der Waals surface area contributed by atoms with Crippen molar-refractivity contribution >= 4 is 5.97 Å². The van der Waals surface area contributed by atoms with E-state index in [0.717, 1.165) is 48.4 Å². The maximum absolute atomic E-state index is 12.3. The molecule has 0 aromatic carbocycles. The van der Waals surface area contributed by atoms with Crippen LogP contribution in [0.25, 0.3) is 0 Å². The van der Waals surface area contributed by atoms with Gasteiger partial charge < -0.3 is 9.15 Å². The van der Waals surface area contributed by atoms with Gasteiger partial charge in [0.2, 0.25) is 5.89 Å². The molecule has 0 saturated carbocycles. The molecule has 112 valence electrons. The number of hydrogen-bond acceptors (Lipinski definition) is 5. The van der Waals surface area contributed by atoms with Crippen LogP contribution in [0.1, 0.15) is 51.9 Å². The Morgan fingerprint density at radius 1 is 1.33 bits per heavy atom. The number of carbonyl (C=O) groups excluding carboxylic acids is 1. The predicted molar refractivity (Wildman–Crippen MR) is 74.9 cm³/mol.